The highest BCUT2D eigenvalue weighted by atomic mass is 32.2. The van der Waals surface area contributed by atoms with Gasteiger partial charge >= 0.3 is 0 Å². The van der Waals surface area contributed by atoms with Crippen molar-refractivity contribution in [2.24, 2.45) is 0 Å². The fourth-order valence-corrected chi connectivity index (χ4v) is 2.81. The fourth-order valence-electron chi connectivity index (χ4n) is 1.18. The molecular formula is C11H15FO3S2. The predicted octanol–water partition coefficient (Wildman–Crippen LogP) is 1.71. The third-order valence-corrected chi connectivity index (χ3v) is 4.18. The van der Waals surface area contributed by atoms with Gasteiger partial charge in [0.25, 0.3) is 0 Å². The lowest BCUT2D eigenvalue weighted by atomic mass is 10.3. The van der Waals surface area contributed by atoms with E-state index in [4.69, 9.17) is 0 Å². The van der Waals surface area contributed by atoms with Gasteiger partial charge in [-0.2, -0.15) is 0 Å². The summed E-state index contributed by atoms with van der Waals surface area (Å²) < 4.78 is 34.6. The topological polar surface area (TPSA) is 54.4 Å². The molecule has 1 aromatic carbocycles. The van der Waals surface area contributed by atoms with Crippen molar-refractivity contribution in [3.05, 3.63) is 30.1 Å². The molecule has 96 valence electrons. The Morgan fingerprint density at radius 1 is 1.47 bits per heavy atom. The molecule has 0 heterocycles. The van der Waals surface area contributed by atoms with Crippen LogP contribution in [0.4, 0.5) is 4.39 Å². The molecule has 0 amide bonds. The van der Waals surface area contributed by atoms with Crippen LogP contribution < -0.4 is 0 Å². The average Bonchev–Trinajstić information content (AvgIpc) is 2.23. The third-order valence-electron chi connectivity index (χ3n) is 2.06. The summed E-state index contributed by atoms with van der Waals surface area (Å²) in [6, 6.07) is 6.08. The van der Waals surface area contributed by atoms with Crippen molar-refractivity contribution in [3.8, 4) is 0 Å². The molecule has 0 aliphatic heterocycles. The van der Waals surface area contributed by atoms with Gasteiger partial charge in [0.15, 0.2) is 0 Å². The second-order valence-electron chi connectivity index (χ2n) is 3.84. The van der Waals surface area contributed by atoms with E-state index in [1.165, 1.54) is 23.9 Å². The van der Waals surface area contributed by atoms with E-state index >= 15 is 0 Å². The largest absolute Gasteiger partial charge is 0.392 e. The first-order valence-corrected chi connectivity index (χ1v) is 8.15. The Kier molecular flexibility index (Phi) is 5.42. The minimum Gasteiger partial charge on any atom is -0.392 e. The minimum absolute atomic E-state index is 0.0299. The molecule has 3 nitrogen and oxygen atoms in total. The van der Waals surface area contributed by atoms with Gasteiger partial charge in [0, 0.05) is 16.9 Å². The lowest BCUT2D eigenvalue weighted by Gasteiger charge is -2.09. The van der Waals surface area contributed by atoms with E-state index in [1.54, 1.807) is 12.1 Å². The molecule has 0 fully saturated rings. The highest BCUT2D eigenvalue weighted by molar-refractivity contribution is 7.99. The van der Waals surface area contributed by atoms with E-state index in [9.17, 15) is 17.9 Å². The maximum atomic E-state index is 12.8. The van der Waals surface area contributed by atoms with Gasteiger partial charge < -0.3 is 5.11 Å². The second-order valence-corrected chi connectivity index (χ2v) is 7.19. The molecule has 0 radical (unpaired) electrons. The lowest BCUT2D eigenvalue weighted by molar-refractivity contribution is 0.196. The van der Waals surface area contributed by atoms with Gasteiger partial charge in [0.2, 0.25) is 0 Å². The molecule has 0 aliphatic carbocycles. The summed E-state index contributed by atoms with van der Waals surface area (Å²) in [6.07, 6.45) is 0.651. The molecule has 0 bridgehead atoms. The van der Waals surface area contributed by atoms with Crippen molar-refractivity contribution >= 4 is 21.6 Å². The molecule has 1 rings (SSSR count). The SMILES string of the molecule is CS(=O)(=O)CCC(O)CSc1cccc(F)c1. The first-order chi connectivity index (χ1) is 7.87. The number of aliphatic hydroxyl groups excluding tert-OH is 1. The van der Waals surface area contributed by atoms with E-state index in [0.717, 1.165) is 11.2 Å². The Bertz CT molecular complexity index is 460. The van der Waals surface area contributed by atoms with E-state index < -0.39 is 15.9 Å². The molecule has 1 unspecified atom stereocenters. The van der Waals surface area contributed by atoms with Gasteiger partial charge in [-0.05, 0) is 24.6 Å². The van der Waals surface area contributed by atoms with Gasteiger partial charge in [-0.15, -0.1) is 11.8 Å². The van der Waals surface area contributed by atoms with Crippen LogP contribution in [-0.2, 0) is 9.84 Å². The Labute approximate surface area is 105 Å². The number of benzene rings is 1. The van der Waals surface area contributed by atoms with Crippen LogP contribution in [-0.4, -0.2) is 37.4 Å². The van der Waals surface area contributed by atoms with Crippen LogP contribution in [0.1, 0.15) is 6.42 Å². The molecule has 0 spiro atoms. The fraction of sp³-hybridized carbons (Fsp3) is 0.455. The van der Waals surface area contributed by atoms with Gasteiger partial charge in [0.05, 0.1) is 11.9 Å². The predicted molar refractivity (Wildman–Crippen MR) is 67.5 cm³/mol. The molecule has 17 heavy (non-hydrogen) atoms. The first-order valence-electron chi connectivity index (χ1n) is 5.11. The van der Waals surface area contributed by atoms with Crippen LogP contribution in [0.3, 0.4) is 0 Å². The Balaban J connectivity index is 2.36. The summed E-state index contributed by atoms with van der Waals surface area (Å²) in [5.74, 6) is 0.0113. The van der Waals surface area contributed by atoms with Crippen molar-refractivity contribution in [3.63, 3.8) is 0 Å². The van der Waals surface area contributed by atoms with E-state index in [0.29, 0.717) is 5.75 Å². The van der Waals surface area contributed by atoms with Crippen LogP contribution in [0.5, 0.6) is 0 Å². The van der Waals surface area contributed by atoms with Crippen LogP contribution in [0.15, 0.2) is 29.2 Å². The summed E-state index contributed by atoms with van der Waals surface area (Å²) in [5, 5.41) is 9.56. The van der Waals surface area contributed by atoms with Crippen LogP contribution in [0.2, 0.25) is 0 Å². The Hall–Kier alpha value is -0.590. The molecule has 1 aromatic rings. The minimum atomic E-state index is -3.04. The maximum absolute atomic E-state index is 12.8. The number of sulfone groups is 1. The first kappa shape index (κ1) is 14.5. The average molecular weight is 278 g/mol. The molecule has 1 N–H and O–H groups in total. The molecule has 0 saturated heterocycles. The van der Waals surface area contributed by atoms with Crippen LogP contribution >= 0.6 is 11.8 Å². The summed E-state index contributed by atoms with van der Waals surface area (Å²) in [7, 11) is -3.04. The van der Waals surface area contributed by atoms with Crippen molar-refractivity contribution < 1.29 is 17.9 Å². The third kappa shape index (κ3) is 6.65. The zero-order chi connectivity index (χ0) is 12.9. The summed E-state index contributed by atoms with van der Waals surface area (Å²) in [4.78, 5) is 0.725. The zero-order valence-corrected chi connectivity index (χ0v) is 11.1. The number of hydrogen-bond donors (Lipinski definition) is 1. The van der Waals surface area contributed by atoms with Crippen LogP contribution in [0.25, 0.3) is 0 Å². The highest BCUT2D eigenvalue weighted by Crippen LogP contribution is 2.20. The van der Waals surface area contributed by atoms with E-state index in [2.05, 4.69) is 0 Å². The maximum Gasteiger partial charge on any atom is 0.147 e. The lowest BCUT2D eigenvalue weighted by Crippen LogP contribution is -2.16. The standard InChI is InChI=1S/C11H15FO3S2/c1-17(14,15)6-5-10(13)8-16-11-4-2-3-9(12)7-11/h2-4,7,10,13H,5-6,8H2,1H3. The quantitative estimate of drug-likeness (QED) is 0.805. The number of halogens is 1. The van der Waals surface area contributed by atoms with Gasteiger partial charge in [0.1, 0.15) is 15.7 Å². The normalized spacial score (nSPS) is 13.6. The zero-order valence-electron chi connectivity index (χ0n) is 9.47. The monoisotopic (exact) mass is 278 g/mol. The number of rotatable bonds is 6. The Morgan fingerprint density at radius 3 is 2.76 bits per heavy atom. The van der Waals surface area contributed by atoms with Crippen molar-refractivity contribution in [1.82, 2.24) is 0 Å². The molecule has 1 atom stereocenters. The number of aliphatic hydroxyl groups is 1. The van der Waals surface area contributed by atoms with E-state index in [1.807, 2.05) is 0 Å². The molecule has 6 heteroatoms. The molecule has 0 saturated carbocycles. The molecule has 0 aromatic heterocycles. The summed E-state index contributed by atoms with van der Waals surface area (Å²) in [5.41, 5.74) is 0. The van der Waals surface area contributed by atoms with Gasteiger partial charge in [-0.25, -0.2) is 12.8 Å². The smallest absolute Gasteiger partial charge is 0.147 e. The number of hydrogen-bond acceptors (Lipinski definition) is 4. The van der Waals surface area contributed by atoms with Crippen molar-refractivity contribution in [2.45, 2.75) is 17.4 Å². The molecule has 0 aliphatic rings. The summed E-state index contributed by atoms with van der Waals surface area (Å²) in [6.45, 7) is 0. The highest BCUT2D eigenvalue weighted by Gasteiger charge is 2.10. The second kappa shape index (κ2) is 6.37. The number of thioether (sulfide) groups is 1. The van der Waals surface area contributed by atoms with Gasteiger partial charge in [-0.3, -0.25) is 0 Å². The van der Waals surface area contributed by atoms with E-state index in [-0.39, 0.29) is 18.0 Å². The van der Waals surface area contributed by atoms with Crippen molar-refractivity contribution in [1.29, 1.82) is 0 Å². The van der Waals surface area contributed by atoms with Crippen molar-refractivity contribution in [2.75, 3.05) is 17.8 Å². The Morgan fingerprint density at radius 2 is 2.18 bits per heavy atom. The molecular weight excluding hydrogens is 263 g/mol. The summed E-state index contributed by atoms with van der Waals surface area (Å²) >= 11 is 1.31. The van der Waals surface area contributed by atoms with Gasteiger partial charge in [-0.1, -0.05) is 6.07 Å². The van der Waals surface area contributed by atoms with Crippen LogP contribution in [0, 0.1) is 5.82 Å².